The van der Waals surface area contributed by atoms with Crippen molar-refractivity contribution < 1.29 is 4.74 Å². The van der Waals surface area contributed by atoms with Crippen LogP contribution in [0.3, 0.4) is 0 Å². The molecule has 3 aliphatic rings. The number of aromatic nitrogens is 1. The Labute approximate surface area is 214 Å². The average Bonchev–Trinajstić information content (AvgIpc) is 2.86. The number of pyridine rings is 1. The summed E-state index contributed by atoms with van der Waals surface area (Å²) in [6, 6.07) is 15.2. The maximum Gasteiger partial charge on any atom is 0.171 e. The van der Waals surface area contributed by atoms with Crippen LogP contribution >= 0.6 is 12.2 Å². The number of fused-ring (bicyclic) bond motifs is 4. The van der Waals surface area contributed by atoms with Crippen molar-refractivity contribution in [2.45, 2.75) is 52.1 Å². The van der Waals surface area contributed by atoms with E-state index in [0.29, 0.717) is 11.2 Å². The zero-order valence-electron chi connectivity index (χ0n) is 21.2. The average molecular weight is 489 g/mol. The lowest BCUT2D eigenvalue weighted by Gasteiger charge is -2.52. The maximum absolute atomic E-state index is 5.89. The second kappa shape index (κ2) is 10.1. The molecular formula is C29H36N4OS. The number of thiocarbonyl (C=S) groups is 1. The first-order valence-electron chi connectivity index (χ1n) is 12.8. The molecule has 5 nitrogen and oxygen atoms in total. The van der Waals surface area contributed by atoms with Crippen molar-refractivity contribution in [3.8, 4) is 5.75 Å². The van der Waals surface area contributed by atoms with Crippen LogP contribution in [0.25, 0.3) is 10.9 Å². The third-order valence-corrected chi connectivity index (χ3v) is 8.15. The lowest BCUT2D eigenvalue weighted by molar-refractivity contribution is -0.0132. The summed E-state index contributed by atoms with van der Waals surface area (Å²) in [5.41, 5.74) is 5.67. The molecule has 3 aliphatic heterocycles. The first-order chi connectivity index (χ1) is 16.9. The number of methoxy groups -OCH3 is 1. The van der Waals surface area contributed by atoms with E-state index >= 15 is 0 Å². The Morgan fingerprint density at radius 1 is 1.17 bits per heavy atom. The Bertz CT molecular complexity index is 1210. The van der Waals surface area contributed by atoms with Crippen LogP contribution in [-0.4, -0.2) is 41.2 Å². The van der Waals surface area contributed by atoms with Crippen molar-refractivity contribution in [3.63, 3.8) is 0 Å². The van der Waals surface area contributed by atoms with Gasteiger partial charge in [-0.05, 0) is 110 Å². The Morgan fingerprint density at radius 3 is 2.66 bits per heavy atom. The molecule has 0 saturated carbocycles. The monoisotopic (exact) mass is 488 g/mol. The molecule has 3 aromatic rings. The highest BCUT2D eigenvalue weighted by molar-refractivity contribution is 7.80. The molecule has 6 heteroatoms. The zero-order chi connectivity index (χ0) is 24.5. The summed E-state index contributed by atoms with van der Waals surface area (Å²) >= 11 is 5.89. The smallest absolute Gasteiger partial charge is 0.171 e. The number of hydrogen-bond donors (Lipinski definition) is 2. The molecular weight excluding hydrogens is 452 g/mol. The van der Waals surface area contributed by atoms with Gasteiger partial charge < -0.3 is 15.4 Å². The van der Waals surface area contributed by atoms with Gasteiger partial charge in [-0.25, -0.2) is 0 Å². The third-order valence-electron chi connectivity index (χ3n) is 7.93. The summed E-state index contributed by atoms with van der Waals surface area (Å²) in [6.45, 7) is 8.90. The number of aryl methyl sites for hydroxylation is 2. The molecule has 2 N–H and O–H groups in total. The van der Waals surface area contributed by atoms with Gasteiger partial charge in [-0.15, -0.1) is 0 Å². The molecule has 1 aromatic heterocycles. The van der Waals surface area contributed by atoms with Gasteiger partial charge in [0.05, 0.1) is 18.7 Å². The molecule has 5 atom stereocenters. The Balaban J connectivity index is 1.50. The standard InChI is InChI=1S/C29H36N4OS/c1-5-20-17-33-11-9-21(20)15-27(33)28(32-29(35)31-22-13-18(2)12-19(3)14-22)24-8-10-30-26-7-6-23(34-4)16-25(24)26/h6-8,10,12-14,16,20-21,27-28H,5,9,11,15,17H2,1-4H3,(H2,31,32,35). The van der Waals surface area contributed by atoms with E-state index in [-0.39, 0.29) is 6.04 Å². The maximum atomic E-state index is 5.89. The molecule has 2 bridgehead atoms. The number of benzene rings is 2. The minimum Gasteiger partial charge on any atom is -0.497 e. The number of hydrogen-bond acceptors (Lipinski definition) is 4. The Kier molecular flexibility index (Phi) is 6.94. The first-order valence-corrected chi connectivity index (χ1v) is 13.2. The van der Waals surface area contributed by atoms with Gasteiger partial charge in [0.15, 0.2) is 5.11 Å². The molecule has 0 spiro atoms. The number of nitrogens with one attached hydrogen (secondary N) is 2. The fourth-order valence-electron chi connectivity index (χ4n) is 6.27. The first kappa shape index (κ1) is 24.0. The van der Waals surface area contributed by atoms with Crippen molar-refractivity contribution in [2.24, 2.45) is 11.8 Å². The predicted octanol–water partition coefficient (Wildman–Crippen LogP) is 6.01. The van der Waals surface area contributed by atoms with Crippen LogP contribution in [0.2, 0.25) is 0 Å². The van der Waals surface area contributed by atoms with Crippen molar-refractivity contribution in [3.05, 3.63) is 65.4 Å². The fourth-order valence-corrected chi connectivity index (χ4v) is 6.52. The van der Waals surface area contributed by atoms with Crippen LogP contribution in [0.4, 0.5) is 5.69 Å². The van der Waals surface area contributed by atoms with Crippen LogP contribution in [0.5, 0.6) is 5.75 Å². The second-order valence-electron chi connectivity index (χ2n) is 10.3. The van der Waals surface area contributed by atoms with Gasteiger partial charge in [0, 0.05) is 29.9 Å². The highest BCUT2D eigenvalue weighted by atomic mass is 32.1. The molecule has 5 unspecified atom stereocenters. The zero-order valence-corrected chi connectivity index (χ0v) is 22.0. The molecule has 0 aliphatic carbocycles. The SMILES string of the molecule is CCC1CN2CCC1CC2C(NC(=S)Nc1cc(C)cc(C)c1)c1ccnc2ccc(OC)cc12. The third kappa shape index (κ3) is 5.00. The van der Waals surface area contributed by atoms with Crippen molar-refractivity contribution >= 4 is 33.9 Å². The minimum absolute atomic E-state index is 0.0547. The second-order valence-corrected chi connectivity index (χ2v) is 10.7. The van der Waals surface area contributed by atoms with Gasteiger partial charge in [0.2, 0.25) is 0 Å². The van der Waals surface area contributed by atoms with E-state index in [1.54, 1.807) is 7.11 Å². The summed E-state index contributed by atoms with van der Waals surface area (Å²) in [6.07, 6.45) is 5.67. The topological polar surface area (TPSA) is 49.4 Å². The number of anilines is 1. The van der Waals surface area contributed by atoms with Crippen LogP contribution in [0.1, 0.15) is 48.9 Å². The summed E-state index contributed by atoms with van der Waals surface area (Å²) in [5.74, 6) is 2.43. The van der Waals surface area contributed by atoms with E-state index in [1.165, 1.54) is 42.5 Å². The van der Waals surface area contributed by atoms with Crippen molar-refractivity contribution in [2.75, 3.05) is 25.5 Å². The van der Waals surface area contributed by atoms with Crippen molar-refractivity contribution in [1.29, 1.82) is 0 Å². The van der Waals surface area contributed by atoms with E-state index in [1.807, 2.05) is 18.3 Å². The van der Waals surface area contributed by atoms with Gasteiger partial charge in [0.1, 0.15) is 5.75 Å². The summed E-state index contributed by atoms with van der Waals surface area (Å²) < 4.78 is 5.57. The van der Waals surface area contributed by atoms with E-state index in [0.717, 1.165) is 40.7 Å². The molecule has 184 valence electrons. The molecule has 6 rings (SSSR count). The number of nitrogens with zero attached hydrogens (tertiary/aromatic N) is 2. The molecule has 3 fully saturated rings. The highest BCUT2D eigenvalue weighted by Crippen LogP contribution is 2.43. The lowest BCUT2D eigenvalue weighted by Crippen LogP contribution is -2.58. The molecule has 2 aromatic carbocycles. The fraction of sp³-hybridized carbons (Fsp3) is 0.448. The van der Waals surface area contributed by atoms with Gasteiger partial charge in [-0.1, -0.05) is 19.4 Å². The van der Waals surface area contributed by atoms with E-state index < -0.39 is 0 Å². The van der Waals surface area contributed by atoms with Crippen LogP contribution in [0, 0.1) is 25.7 Å². The quantitative estimate of drug-likeness (QED) is 0.415. The van der Waals surface area contributed by atoms with Crippen molar-refractivity contribution in [1.82, 2.24) is 15.2 Å². The Morgan fingerprint density at radius 2 is 1.97 bits per heavy atom. The number of piperidine rings is 3. The summed E-state index contributed by atoms with van der Waals surface area (Å²) in [7, 11) is 1.71. The van der Waals surface area contributed by atoms with Crippen LogP contribution in [0.15, 0.2) is 48.7 Å². The van der Waals surface area contributed by atoms with E-state index in [2.05, 4.69) is 71.6 Å². The van der Waals surface area contributed by atoms with Crippen LogP contribution in [-0.2, 0) is 0 Å². The predicted molar refractivity (Wildman–Crippen MR) is 148 cm³/mol. The van der Waals surface area contributed by atoms with E-state index in [4.69, 9.17) is 17.0 Å². The Hall–Kier alpha value is -2.70. The highest BCUT2D eigenvalue weighted by Gasteiger charge is 2.43. The van der Waals surface area contributed by atoms with E-state index in [9.17, 15) is 0 Å². The molecule has 0 amide bonds. The largest absolute Gasteiger partial charge is 0.497 e. The van der Waals surface area contributed by atoms with Gasteiger partial charge in [-0.2, -0.15) is 0 Å². The number of ether oxygens (including phenoxy) is 1. The van der Waals surface area contributed by atoms with Crippen LogP contribution < -0.4 is 15.4 Å². The van der Waals surface area contributed by atoms with Gasteiger partial charge in [0.25, 0.3) is 0 Å². The number of rotatable bonds is 6. The molecule has 4 heterocycles. The lowest BCUT2D eigenvalue weighted by atomic mass is 9.72. The molecule has 0 radical (unpaired) electrons. The minimum atomic E-state index is 0.0547. The molecule has 35 heavy (non-hydrogen) atoms. The summed E-state index contributed by atoms with van der Waals surface area (Å²) in [4.78, 5) is 7.33. The normalized spacial score (nSPS) is 24.2. The van der Waals surface area contributed by atoms with Gasteiger partial charge in [-0.3, -0.25) is 9.88 Å². The molecule has 3 saturated heterocycles. The van der Waals surface area contributed by atoms with Gasteiger partial charge >= 0.3 is 0 Å². The summed E-state index contributed by atoms with van der Waals surface area (Å²) in [5, 5.41) is 8.98.